The summed E-state index contributed by atoms with van der Waals surface area (Å²) in [5.74, 6) is 0. The molecule has 0 aliphatic carbocycles. The van der Waals surface area contributed by atoms with Crippen LogP contribution in [0.25, 0.3) is 0 Å². The maximum Gasteiger partial charge on any atom is 0.0639 e. The smallest absolute Gasteiger partial charge is 0.0639 e. The SMILES string of the molecule is CCCCC(=Nc1cc(CCCC)cc(CCCC)c1)C(CC)=Nc1cc(CCCC)cc(CCCC)c1.[Pd]. The number of rotatable bonds is 19. The van der Waals surface area contributed by atoms with Gasteiger partial charge in [0.05, 0.1) is 22.8 Å². The molecule has 0 amide bonds. The summed E-state index contributed by atoms with van der Waals surface area (Å²) in [5, 5.41) is 0. The van der Waals surface area contributed by atoms with Crippen LogP contribution in [0.4, 0.5) is 11.4 Å². The molecule has 0 aliphatic heterocycles. The van der Waals surface area contributed by atoms with E-state index in [4.69, 9.17) is 9.98 Å². The summed E-state index contributed by atoms with van der Waals surface area (Å²) < 4.78 is 0. The molecule has 0 radical (unpaired) electrons. The molecule has 0 fully saturated rings. The van der Waals surface area contributed by atoms with Gasteiger partial charge in [-0.1, -0.05) is 85.8 Å². The van der Waals surface area contributed by atoms with E-state index in [2.05, 4.69) is 77.9 Å². The Morgan fingerprint density at radius 1 is 0.462 bits per heavy atom. The molecule has 0 spiro atoms. The fraction of sp³-hybridized carbons (Fsp3) is 0.611. The van der Waals surface area contributed by atoms with E-state index in [-0.39, 0.29) is 20.4 Å². The van der Waals surface area contributed by atoms with Gasteiger partial charge in [0.2, 0.25) is 0 Å². The van der Waals surface area contributed by atoms with E-state index in [0.29, 0.717) is 0 Å². The Kier molecular flexibility index (Phi) is 19.3. The van der Waals surface area contributed by atoms with Crippen molar-refractivity contribution in [2.75, 3.05) is 0 Å². The van der Waals surface area contributed by atoms with Crippen molar-refractivity contribution in [3.8, 4) is 0 Å². The Bertz CT molecular complexity index is 953. The van der Waals surface area contributed by atoms with Gasteiger partial charge in [0, 0.05) is 20.4 Å². The normalized spacial score (nSPS) is 12.1. The number of unbranched alkanes of at least 4 members (excludes halogenated alkanes) is 5. The van der Waals surface area contributed by atoms with Gasteiger partial charge in [-0.15, -0.1) is 0 Å². The van der Waals surface area contributed by atoms with Crippen LogP contribution in [0.15, 0.2) is 46.4 Å². The number of aryl methyl sites for hydroxylation is 4. The standard InChI is InChI=1S/C36H56N2.Pd/c1-7-13-18-29-23-30(19-14-8-2)26-33(25-29)37-35(12-6)36(22-17-11-5)38-34-27-31(20-15-9-3)24-32(28-34)21-16-10-4;/h23-28H,7-22H2,1-6H3;. The van der Waals surface area contributed by atoms with Crippen LogP contribution in [-0.2, 0) is 46.1 Å². The van der Waals surface area contributed by atoms with Gasteiger partial charge in [-0.3, -0.25) is 9.98 Å². The van der Waals surface area contributed by atoms with Crippen molar-refractivity contribution in [1.82, 2.24) is 0 Å². The zero-order valence-corrected chi connectivity index (χ0v) is 27.5. The van der Waals surface area contributed by atoms with Crippen molar-refractivity contribution in [2.45, 2.75) is 144 Å². The molecule has 0 aromatic heterocycles. The summed E-state index contributed by atoms with van der Waals surface area (Å²) in [7, 11) is 0. The van der Waals surface area contributed by atoms with E-state index in [1.807, 2.05) is 0 Å². The molecule has 3 heteroatoms. The summed E-state index contributed by atoms with van der Waals surface area (Å²) in [4.78, 5) is 10.6. The van der Waals surface area contributed by atoms with E-state index in [1.54, 1.807) is 0 Å². The van der Waals surface area contributed by atoms with Crippen molar-refractivity contribution in [1.29, 1.82) is 0 Å². The predicted octanol–water partition coefficient (Wildman–Crippen LogP) is 11.5. The fourth-order valence-corrected chi connectivity index (χ4v) is 4.98. The van der Waals surface area contributed by atoms with Crippen LogP contribution >= 0.6 is 0 Å². The van der Waals surface area contributed by atoms with Crippen LogP contribution in [0.1, 0.15) is 141 Å². The van der Waals surface area contributed by atoms with Crippen molar-refractivity contribution in [2.24, 2.45) is 9.98 Å². The average Bonchev–Trinajstić information content (AvgIpc) is 2.93. The molecule has 220 valence electrons. The van der Waals surface area contributed by atoms with Crippen LogP contribution < -0.4 is 0 Å². The van der Waals surface area contributed by atoms with E-state index in [9.17, 15) is 0 Å². The molecular formula is C36H56N2Pd. The first kappa shape index (κ1) is 35.5. The molecular weight excluding hydrogens is 567 g/mol. The number of hydrogen-bond donors (Lipinski definition) is 0. The van der Waals surface area contributed by atoms with Crippen molar-refractivity contribution >= 4 is 22.8 Å². The minimum absolute atomic E-state index is 0. The van der Waals surface area contributed by atoms with Gasteiger partial charge in [-0.2, -0.15) is 0 Å². The molecule has 39 heavy (non-hydrogen) atoms. The van der Waals surface area contributed by atoms with Crippen molar-refractivity contribution in [3.63, 3.8) is 0 Å². The molecule has 0 heterocycles. The Labute approximate surface area is 255 Å². The van der Waals surface area contributed by atoms with Gasteiger partial charge >= 0.3 is 0 Å². The molecule has 2 rings (SSSR count). The number of hydrogen-bond acceptors (Lipinski definition) is 2. The summed E-state index contributed by atoms with van der Waals surface area (Å²) in [6.07, 6.45) is 18.6. The first-order valence-electron chi connectivity index (χ1n) is 16.0. The second-order valence-electron chi connectivity index (χ2n) is 11.0. The summed E-state index contributed by atoms with van der Waals surface area (Å²) in [6.45, 7) is 13.6. The monoisotopic (exact) mass is 622 g/mol. The third-order valence-corrected chi connectivity index (χ3v) is 7.31. The zero-order valence-electron chi connectivity index (χ0n) is 26.0. The maximum atomic E-state index is 5.33. The third kappa shape index (κ3) is 13.6. The van der Waals surface area contributed by atoms with Crippen LogP contribution in [0.3, 0.4) is 0 Å². The Morgan fingerprint density at radius 3 is 1.10 bits per heavy atom. The average molecular weight is 623 g/mol. The molecule has 0 bridgehead atoms. The van der Waals surface area contributed by atoms with Gasteiger partial charge < -0.3 is 0 Å². The summed E-state index contributed by atoms with van der Waals surface area (Å²) >= 11 is 0. The number of nitrogens with zero attached hydrogens (tertiary/aromatic N) is 2. The van der Waals surface area contributed by atoms with Crippen LogP contribution in [-0.4, -0.2) is 11.4 Å². The van der Waals surface area contributed by atoms with E-state index in [1.165, 1.54) is 85.8 Å². The Hall–Kier alpha value is -1.56. The minimum atomic E-state index is 0. The largest absolute Gasteiger partial charge is 0.252 e. The number of aliphatic imine (C=N–C) groups is 2. The van der Waals surface area contributed by atoms with Gasteiger partial charge in [-0.05, 0) is 117 Å². The quantitative estimate of drug-likeness (QED) is 0.110. The molecule has 0 N–H and O–H groups in total. The minimum Gasteiger partial charge on any atom is -0.252 e. The Morgan fingerprint density at radius 2 is 0.795 bits per heavy atom. The maximum absolute atomic E-state index is 5.33. The van der Waals surface area contributed by atoms with Gasteiger partial charge in [0.15, 0.2) is 0 Å². The zero-order chi connectivity index (χ0) is 27.6. The van der Waals surface area contributed by atoms with E-state index >= 15 is 0 Å². The first-order valence-corrected chi connectivity index (χ1v) is 16.0. The molecule has 2 aromatic carbocycles. The molecule has 0 aliphatic rings. The summed E-state index contributed by atoms with van der Waals surface area (Å²) in [6, 6.07) is 14.2. The molecule has 0 unspecified atom stereocenters. The number of benzene rings is 2. The Balaban J connectivity index is 0.00000760. The molecule has 2 nitrogen and oxygen atoms in total. The second kappa shape index (κ2) is 21.2. The summed E-state index contributed by atoms with van der Waals surface area (Å²) in [5.41, 5.74) is 10.3. The van der Waals surface area contributed by atoms with Gasteiger partial charge in [-0.25, -0.2) is 0 Å². The van der Waals surface area contributed by atoms with Crippen molar-refractivity contribution < 1.29 is 20.4 Å². The molecule has 0 saturated heterocycles. The van der Waals surface area contributed by atoms with E-state index < -0.39 is 0 Å². The van der Waals surface area contributed by atoms with Gasteiger partial charge in [0.25, 0.3) is 0 Å². The third-order valence-electron chi connectivity index (χ3n) is 7.31. The molecule has 0 saturated carbocycles. The van der Waals surface area contributed by atoms with E-state index in [0.717, 1.165) is 62.0 Å². The van der Waals surface area contributed by atoms with Crippen LogP contribution in [0, 0.1) is 0 Å². The molecule has 2 aromatic rings. The predicted molar refractivity (Wildman–Crippen MR) is 171 cm³/mol. The van der Waals surface area contributed by atoms with Crippen LogP contribution in [0.2, 0.25) is 0 Å². The van der Waals surface area contributed by atoms with Crippen molar-refractivity contribution in [3.05, 3.63) is 58.7 Å². The molecule has 0 atom stereocenters. The topological polar surface area (TPSA) is 24.7 Å². The first-order chi connectivity index (χ1) is 18.6. The fourth-order valence-electron chi connectivity index (χ4n) is 4.98. The van der Waals surface area contributed by atoms with Gasteiger partial charge in [0.1, 0.15) is 0 Å². The second-order valence-corrected chi connectivity index (χ2v) is 11.0. The van der Waals surface area contributed by atoms with Crippen LogP contribution in [0.5, 0.6) is 0 Å².